The molecule has 1 N–H and O–H groups in total. The Morgan fingerprint density at radius 3 is 2.70 bits per heavy atom. The number of fused-ring (bicyclic) bond motifs is 1. The van der Waals surface area contributed by atoms with Gasteiger partial charge in [0.05, 0.1) is 0 Å². The van der Waals surface area contributed by atoms with Gasteiger partial charge in [0, 0.05) is 32.2 Å². The lowest BCUT2D eigenvalue weighted by molar-refractivity contribution is 0.246. The fourth-order valence-corrected chi connectivity index (χ4v) is 3.71. The average Bonchev–Trinajstić information content (AvgIpc) is 2.99. The lowest BCUT2D eigenvalue weighted by Gasteiger charge is -2.22. The molecular formula is C17H20N2S. The number of hydrogen-bond donors (Lipinski definition) is 1. The molecule has 0 spiro atoms. The first-order valence-electron chi connectivity index (χ1n) is 7.45. The van der Waals surface area contributed by atoms with Crippen molar-refractivity contribution in [2.75, 3.05) is 0 Å². The van der Waals surface area contributed by atoms with Crippen molar-refractivity contribution in [3.63, 3.8) is 0 Å². The summed E-state index contributed by atoms with van der Waals surface area (Å²) in [6, 6.07) is 10.1. The first-order valence-corrected chi connectivity index (χ1v) is 8.39. The highest BCUT2D eigenvalue weighted by atomic mass is 32.1. The van der Waals surface area contributed by atoms with E-state index < -0.39 is 0 Å². The number of benzene rings is 1. The fourth-order valence-electron chi connectivity index (χ4n) is 3.05. The van der Waals surface area contributed by atoms with Crippen LogP contribution >= 0.6 is 11.3 Å². The van der Waals surface area contributed by atoms with E-state index in [1.807, 2.05) is 0 Å². The smallest absolute Gasteiger partial charge is 0.0248 e. The molecule has 20 heavy (non-hydrogen) atoms. The summed E-state index contributed by atoms with van der Waals surface area (Å²) in [5.41, 5.74) is 5.90. The lowest BCUT2D eigenvalue weighted by atomic mass is 10.1. The molecule has 4 rings (SSSR count). The molecule has 2 aromatic rings. The summed E-state index contributed by atoms with van der Waals surface area (Å²) in [5, 5.41) is 7.89. The van der Waals surface area contributed by atoms with Gasteiger partial charge in [0.2, 0.25) is 0 Å². The Morgan fingerprint density at radius 1 is 1.05 bits per heavy atom. The number of thiophene rings is 1. The molecule has 2 nitrogen and oxygen atoms in total. The van der Waals surface area contributed by atoms with Gasteiger partial charge in [-0.3, -0.25) is 4.90 Å². The van der Waals surface area contributed by atoms with Crippen LogP contribution < -0.4 is 5.32 Å². The quantitative estimate of drug-likeness (QED) is 0.904. The van der Waals surface area contributed by atoms with Gasteiger partial charge in [-0.1, -0.05) is 18.2 Å². The standard InChI is InChI=1S/C17H20N2S/c1-2-15-8-18-9-16(15)7-13(1)10-19(17-3-4-17)11-14-5-6-20-12-14/h1-2,5-7,12,17-18H,3-4,8-11H2. The predicted molar refractivity (Wildman–Crippen MR) is 83.6 cm³/mol. The topological polar surface area (TPSA) is 15.3 Å². The summed E-state index contributed by atoms with van der Waals surface area (Å²) in [4.78, 5) is 2.64. The first kappa shape index (κ1) is 12.6. The van der Waals surface area contributed by atoms with Gasteiger partial charge in [-0.05, 0) is 51.9 Å². The van der Waals surface area contributed by atoms with Gasteiger partial charge < -0.3 is 5.32 Å². The molecule has 0 saturated heterocycles. The second-order valence-electron chi connectivity index (χ2n) is 5.97. The van der Waals surface area contributed by atoms with Crippen LogP contribution in [0, 0.1) is 0 Å². The Labute approximate surface area is 124 Å². The minimum Gasteiger partial charge on any atom is -0.309 e. The molecule has 0 amide bonds. The molecule has 3 heteroatoms. The van der Waals surface area contributed by atoms with E-state index in [1.54, 1.807) is 11.3 Å². The average molecular weight is 284 g/mol. The maximum Gasteiger partial charge on any atom is 0.0248 e. The molecule has 0 atom stereocenters. The number of rotatable bonds is 5. The molecule has 0 bridgehead atoms. The maximum absolute atomic E-state index is 3.43. The number of nitrogens with zero attached hydrogens (tertiary/aromatic N) is 1. The van der Waals surface area contributed by atoms with Crippen LogP contribution in [0.2, 0.25) is 0 Å². The zero-order valence-electron chi connectivity index (χ0n) is 11.6. The molecule has 1 saturated carbocycles. The van der Waals surface area contributed by atoms with Crippen LogP contribution in [0.1, 0.15) is 35.1 Å². The highest BCUT2D eigenvalue weighted by molar-refractivity contribution is 7.07. The van der Waals surface area contributed by atoms with Crippen LogP contribution in [0.25, 0.3) is 0 Å². The summed E-state index contributed by atoms with van der Waals surface area (Å²) in [6.07, 6.45) is 2.74. The second kappa shape index (κ2) is 5.32. The van der Waals surface area contributed by atoms with Gasteiger partial charge in [-0.25, -0.2) is 0 Å². The van der Waals surface area contributed by atoms with Crippen molar-refractivity contribution in [1.29, 1.82) is 0 Å². The highest BCUT2D eigenvalue weighted by Gasteiger charge is 2.29. The van der Waals surface area contributed by atoms with Gasteiger partial charge in [0.15, 0.2) is 0 Å². The van der Waals surface area contributed by atoms with Crippen LogP contribution in [0.5, 0.6) is 0 Å². The van der Waals surface area contributed by atoms with Gasteiger partial charge in [-0.2, -0.15) is 11.3 Å². The lowest BCUT2D eigenvalue weighted by Crippen LogP contribution is -2.24. The first-order chi connectivity index (χ1) is 9.88. The van der Waals surface area contributed by atoms with Crippen molar-refractivity contribution in [1.82, 2.24) is 10.2 Å². The molecule has 1 fully saturated rings. The normalized spacial score (nSPS) is 17.6. The van der Waals surface area contributed by atoms with Crippen molar-refractivity contribution < 1.29 is 0 Å². The van der Waals surface area contributed by atoms with Crippen LogP contribution in [-0.2, 0) is 26.2 Å². The molecule has 0 radical (unpaired) electrons. The van der Waals surface area contributed by atoms with E-state index in [1.165, 1.54) is 35.1 Å². The molecule has 1 aromatic carbocycles. The van der Waals surface area contributed by atoms with E-state index in [-0.39, 0.29) is 0 Å². The van der Waals surface area contributed by atoms with Crippen LogP contribution in [0.3, 0.4) is 0 Å². The Hall–Kier alpha value is -1.16. The Balaban J connectivity index is 1.50. The monoisotopic (exact) mass is 284 g/mol. The number of nitrogens with one attached hydrogen (secondary N) is 1. The van der Waals surface area contributed by atoms with Crippen molar-refractivity contribution in [2.45, 2.75) is 45.1 Å². The van der Waals surface area contributed by atoms with Gasteiger partial charge in [-0.15, -0.1) is 0 Å². The molecule has 2 aliphatic rings. The van der Waals surface area contributed by atoms with E-state index in [9.17, 15) is 0 Å². The SMILES string of the molecule is c1cc(CN(Cc2ccc3c(c2)CNC3)C2CC2)cs1. The Bertz CT molecular complexity index is 587. The summed E-state index contributed by atoms with van der Waals surface area (Å²) in [5.74, 6) is 0. The molecule has 2 heterocycles. The van der Waals surface area contributed by atoms with Crippen molar-refractivity contribution in [2.24, 2.45) is 0 Å². The van der Waals surface area contributed by atoms with E-state index >= 15 is 0 Å². The molecular weight excluding hydrogens is 264 g/mol. The summed E-state index contributed by atoms with van der Waals surface area (Å²) < 4.78 is 0. The largest absolute Gasteiger partial charge is 0.309 e. The van der Waals surface area contributed by atoms with Gasteiger partial charge in [0.25, 0.3) is 0 Å². The fraction of sp³-hybridized carbons (Fsp3) is 0.412. The Kier molecular flexibility index (Phi) is 3.34. The van der Waals surface area contributed by atoms with E-state index in [0.29, 0.717) is 0 Å². The molecule has 104 valence electrons. The number of hydrogen-bond acceptors (Lipinski definition) is 3. The third-order valence-electron chi connectivity index (χ3n) is 4.32. The van der Waals surface area contributed by atoms with Crippen LogP contribution in [0.15, 0.2) is 35.0 Å². The zero-order chi connectivity index (χ0) is 13.4. The summed E-state index contributed by atoms with van der Waals surface area (Å²) in [6.45, 7) is 4.27. The minimum atomic E-state index is 0.807. The molecule has 1 aliphatic heterocycles. The van der Waals surface area contributed by atoms with E-state index in [0.717, 1.165) is 32.2 Å². The second-order valence-corrected chi connectivity index (χ2v) is 6.75. The third kappa shape index (κ3) is 2.66. The molecule has 0 unspecified atom stereocenters. The minimum absolute atomic E-state index is 0.807. The van der Waals surface area contributed by atoms with Crippen molar-refractivity contribution in [3.05, 3.63) is 57.3 Å². The highest BCUT2D eigenvalue weighted by Crippen LogP contribution is 2.30. The van der Waals surface area contributed by atoms with Gasteiger partial charge >= 0.3 is 0 Å². The summed E-state index contributed by atoms with van der Waals surface area (Å²) >= 11 is 1.80. The van der Waals surface area contributed by atoms with Crippen LogP contribution in [0.4, 0.5) is 0 Å². The van der Waals surface area contributed by atoms with Crippen LogP contribution in [-0.4, -0.2) is 10.9 Å². The molecule has 1 aliphatic carbocycles. The third-order valence-corrected chi connectivity index (χ3v) is 5.05. The Morgan fingerprint density at radius 2 is 1.90 bits per heavy atom. The summed E-state index contributed by atoms with van der Waals surface area (Å²) in [7, 11) is 0. The van der Waals surface area contributed by atoms with Gasteiger partial charge in [0.1, 0.15) is 0 Å². The predicted octanol–water partition coefficient (Wildman–Crippen LogP) is 3.52. The van der Waals surface area contributed by atoms with E-state index in [2.05, 4.69) is 45.2 Å². The van der Waals surface area contributed by atoms with Crippen molar-refractivity contribution >= 4 is 11.3 Å². The van der Waals surface area contributed by atoms with Crippen molar-refractivity contribution in [3.8, 4) is 0 Å². The zero-order valence-corrected chi connectivity index (χ0v) is 12.5. The maximum atomic E-state index is 3.43. The molecule has 1 aromatic heterocycles. The van der Waals surface area contributed by atoms with E-state index in [4.69, 9.17) is 0 Å².